The Hall–Kier alpha value is -1.06. The molecule has 1 aliphatic heterocycles. The quantitative estimate of drug-likeness (QED) is 0.766. The van der Waals surface area contributed by atoms with E-state index in [1.165, 1.54) is 11.1 Å². The Morgan fingerprint density at radius 2 is 2.31 bits per heavy atom. The zero-order chi connectivity index (χ0) is 11.1. The van der Waals surface area contributed by atoms with Gasteiger partial charge >= 0.3 is 0 Å². The molecule has 2 aliphatic rings. The summed E-state index contributed by atoms with van der Waals surface area (Å²) >= 11 is 0. The highest BCUT2D eigenvalue weighted by atomic mass is 16.5. The maximum absolute atomic E-state index is 5.30. The number of fused-ring (bicyclic) bond motifs is 3. The zero-order valence-electron chi connectivity index (χ0n) is 9.86. The van der Waals surface area contributed by atoms with Gasteiger partial charge in [0.05, 0.1) is 7.11 Å². The lowest BCUT2D eigenvalue weighted by Crippen LogP contribution is -2.49. The van der Waals surface area contributed by atoms with Crippen LogP contribution in [-0.2, 0) is 6.42 Å². The number of benzene rings is 1. The first-order valence-electron chi connectivity index (χ1n) is 5.90. The molecule has 1 N–H and O–H groups in total. The maximum Gasteiger partial charge on any atom is 0.119 e. The molecule has 0 saturated carbocycles. The second-order valence-corrected chi connectivity index (χ2v) is 4.75. The first-order valence-corrected chi connectivity index (χ1v) is 5.90. The van der Waals surface area contributed by atoms with Gasteiger partial charge in [0.25, 0.3) is 0 Å². The highest BCUT2D eigenvalue weighted by Gasteiger charge is 2.37. The van der Waals surface area contributed by atoms with Crippen molar-refractivity contribution in [2.24, 2.45) is 0 Å². The van der Waals surface area contributed by atoms with E-state index in [9.17, 15) is 0 Å². The fraction of sp³-hybridized carbons (Fsp3) is 0.538. The highest BCUT2D eigenvalue weighted by Crippen LogP contribution is 2.37. The van der Waals surface area contributed by atoms with Gasteiger partial charge in [-0.25, -0.2) is 0 Å². The fourth-order valence-corrected chi connectivity index (χ4v) is 2.94. The molecule has 0 amide bonds. The molecule has 2 atom stereocenters. The van der Waals surface area contributed by atoms with Crippen LogP contribution >= 0.6 is 0 Å². The second kappa shape index (κ2) is 3.75. The third-order valence-electron chi connectivity index (χ3n) is 3.90. The summed E-state index contributed by atoms with van der Waals surface area (Å²) in [4.78, 5) is 2.47. The molecule has 1 aliphatic carbocycles. The smallest absolute Gasteiger partial charge is 0.119 e. The number of nitrogens with one attached hydrogen (secondary N) is 1. The lowest BCUT2D eigenvalue weighted by atomic mass is 10.0. The Kier molecular flexibility index (Phi) is 2.37. The minimum Gasteiger partial charge on any atom is -0.497 e. The Morgan fingerprint density at radius 1 is 1.44 bits per heavy atom. The van der Waals surface area contributed by atoms with Gasteiger partial charge in [-0.05, 0) is 36.7 Å². The van der Waals surface area contributed by atoms with Crippen LogP contribution in [0.2, 0.25) is 0 Å². The van der Waals surface area contributed by atoms with Crippen LogP contribution < -0.4 is 10.1 Å². The normalized spacial score (nSPS) is 28.6. The molecule has 0 aromatic heterocycles. The maximum atomic E-state index is 5.30. The molecule has 3 nitrogen and oxygen atoms in total. The molecule has 86 valence electrons. The standard InChI is InChI=1S/C13H18N2O/c1-15-6-5-14-13-11-8-10(16-2)4-3-9(11)7-12(13)15/h3-4,8,12-14H,5-7H2,1-2H3. The Balaban J connectivity index is 1.98. The molecule has 1 heterocycles. The third kappa shape index (κ3) is 1.43. The van der Waals surface area contributed by atoms with Gasteiger partial charge in [-0.1, -0.05) is 6.07 Å². The summed E-state index contributed by atoms with van der Waals surface area (Å²) in [6.45, 7) is 2.22. The first-order chi connectivity index (χ1) is 7.79. The summed E-state index contributed by atoms with van der Waals surface area (Å²) in [5.74, 6) is 0.967. The molecule has 0 radical (unpaired) electrons. The molecular formula is C13H18N2O. The molecular weight excluding hydrogens is 200 g/mol. The minimum absolute atomic E-state index is 0.490. The van der Waals surface area contributed by atoms with Gasteiger partial charge in [0.2, 0.25) is 0 Å². The van der Waals surface area contributed by atoms with E-state index in [2.05, 4.69) is 35.5 Å². The largest absolute Gasteiger partial charge is 0.497 e. The summed E-state index contributed by atoms with van der Waals surface area (Å²) in [6, 6.07) is 7.57. The fourth-order valence-electron chi connectivity index (χ4n) is 2.94. The number of ether oxygens (including phenoxy) is 1. The molecule has 16 heavy (non-hydrogen) atoms. The molecule has 0 spiro atoms. The van der Waals surface area contributed by atoms with Crippen LogP contribution in [0.25, 0.3) is 0 Å². The molecule has 1 aromatic carbocycles. The van der Waals surface area contributed by atoms with Crippen molar-refractivity contribution < 1.29 is 4.74 Å². The topological polar surface area (TPSA) is 24.5 Å². The highest BCUT2D eigenvalue weighted by molar-refractivity contribution is 5.43. The van der Waals surface area contributed by atoms with E-state index in [1.807, 2.05) is 0 Å². The number of nitrogens with zero attached hydrogens (tertiary/aromatic N) is 1. The number of rotatable bonds is 1. The van der Waals surface area contributed by atoms with Crippen molar-refractivity contribution in [2.75, 3.05) is 27.2 Å². The van der Waals surface area contributed by atoms with E-state index < -0.39 is 0 Å². The summed E-state index contributed by atoms with van der Waals surface area (Å²) < 4.78 is 5.30. The summed E-state index contributed by atoms with van der Waals surface area (Å²) in [5.41, 5.74) is 2.90. The Morgan fingerprint density at radius 3 is 3.12 bits per heavy atom. The Bertz CT molecular complexity index is 405. The number of likely N-dealkylation sites (N-methyl/N-ethyl adjacent to an activating group) is 1. The molecule has 1 fully saturated rings. The van der Waals surface area contributed by atoms with Gasteiger partial charge in [-0.3, -0.25) is 4.90 Å². The van der Waals surface area contributed by atoms with Crippen molar-refractivity contribution in [1.29, 1.82) is 0 Å². The second-order valence-electron chi connectivity index (χ2n) is 4.75. The van der Waals surface area contributed by atoms with Crippen molar-refractivity contribution in [1.82, 2.24) is 10.2 Å². The predicted octanol–water partition coefficient (Wildman–Crippen LogP) is 1.20. The van der Waals surface area contributed by atoms with E-state index in [1.54, 1.807) is 7.11 Å². The van der Waals surface area contributed by atoms with E-state index in [0.29, 0.717) is 12.1 Å². The van der Waals surface area contributed by atoms with Gasteiger partial charge in [0, 0.05) is 25.2 Å². The van der Waals surface area contributed by atoms with Crippen LogP contribution in [0.4, 0.5) is 0 Å². The van der Waals surface area contributed by atoms with Crippen molar-refractivity contribution in [3.8, 4) is 5.75 Å². The van der Waals surface area contributed by atoms with E-state index in [4.69, 9.17) is 4.74 Å². The summed E-state index contributed by atoms with van der Waals surface area (Å²) in [7, 11) is 3.95. The van der Waals surface area contributed by atoms with Crippen molar-refractivity contribution in [3.63, 3.8) is 0 Å². The Labute approximate surface area is 96.4 Å². The van der Waals surface area contributed by atoms with E-state index in [0.717, 1.165) is 25.3 Å². The lowest BCUT2D eigenvalue weighted by molar-refractivity contribution is 0.163. The van der Waals surface area contributed by atoms with Crippen LogP contribution in [0.15, 0.2) is 18.2 Å². The molecule has 3 rings (SSSR count). The molecule has 3 heteroatoms. The van der Waals surface area contributed by atoms with Gasteiger partial charge in [-0.15, -0.1) is 0 Å². The number of hydrogen-bond acceptors (Lipinski definition) is 3. The van der Waals surface area contributed by atoms with Crippen molar-refractivity contribution in [2.45, 2.75) is 18.5 Å². The van der Waals surface area contributed by atoms with E-state index in [-0.39, 0.29) is 0 Å². The monoisotopic (exact) mass is 218 g/mol. The van der Waals surface area contributed by atoms with Gasteiger partial charge < -0.3 is 10.1 Å². The molecule has 0 bridgehead atoms. The summed E-state index contributed by atoms with van der Waals surface area (Å²) in [5, 5.41) is 3.62. The van der Waals surface area contributed by atoms with Crippen LogP contribution in [0.1, 0.15) is 17.2 Å². The van der Waals surface area contributed by atoms with Crippen molar-refractivity contribution in [3.05, 3.63) is 29.3 Å². The molecule has 1 saturated heterocycles. The van der Waals surface area contributed by atoms with Crippen LogP contribution in [0.3, 0.4) is 0 Å². The number of hydrogen-bond donors (Lipinski definition) is 1. The minimum atomic E-state index is 0.490. The van der Waals surface area contributed by atoms with Gasteiger partial charge in [0.15, 0.2) is 0 Å². The van der Waals surface area contributed by atoms with Crippen LogP contribution in [0, 0.1) is 0 Å². The summed E-state index contributed by atoms with van der Waals surface area (Å²) in [6.07, 6.45) is 1.16. The van der Waals surface area contributed by atoms with Crippen LogP contribution in [0.5, 0.6) is 5.75 Å². The predicted molar refractivity (Wildman–Crippen MR) is 63.9 cm³/mol. The SMILES string of the molecule is COc1ccc2c(c1)C1NCCN(C)C1C2. The third-order valence-corrected chi connectivity index (χ3v) is 3.90. The van der Waals surface area contributed by atoms with E-state index >= 15 is 0 Å². The average Bonchev–Trinajstić information content (AvgIpc) is 2.68. The molecule has 1 aromatic rings. The van der Waals surface area contributed by atoms with Crippen LogP contribution in [-0.4, -0.2) is 38.2 Å². The van der Waals surface area contributed by atoms with Crippen molar-refractivity contribution >= 4 is 0 Å². The molecule has 2 unspecified atom stereocenters. The number of piperazine rings is 1. The average molecular weight is 218 g/mol. The van der Waals surface area contributed by atoms with Gasteiger partial charge in [0.1, 0.15) is 5.75 Å². The first kappa shape index (κ1) is 10.1. The lowest BCUT2D eigenvalue weighted by Gasteiger charge is -2.36. The van der Waals surface area contributed by atoms with Gasteiger partial charge in [-0.2, -0.15) is 0 Å². The number of methoxy groups -OCH3 is 1. The zero-order valence-corrected chi connectivity index (χ0v) is 9.86.